The summed E-state index contributed by atoms with van der Waals surface area (Å²) >= 11 is 0. The second-order valence-corrected chi connectivity index (χ2v) is 6.44. The highest BCUT2D eigenvalue weighted by Gasteiger charge is 2.46. The minimum absolute atomic E-state index is 0.0696. The van der Waals surface area contributed by atoms with E-state index in [1.165, 1.54) is 0 Å². The zero-order valence-corrected chi connectivity index (χ0v) is 12.6. The van der Waals surface area contributed by atoms with Gasteiger partial charge < -0.3 is 14.6 Å². The van der Waals surface area contributed by atoms with Crippen LogP contribution in [0.2, 0.25) is 0 Å². The molecule has 2 atom stereocenters. The van der Waals surface area contributed by atoms with Crippen LogP contribution in [0.3, 0.4) is 0 Å². The lowest BCUT2D eigenvalue weighted by atomic mass is 9.96. The SMILES string of the molecule is CC(C)NC1(C(=O)O)CCC(OCC2CCOCC2)C1. The van der Waals surface area contributed by atoms with Gasteiger partial charge in [0.25, 0.3) is 0 Å². The predicted octanol–water partition coefficient (Wildman–Crippen LogP) is 1.80. The van der Waals surface area contributed by atoms with Crippen molar-refractivity contribution in [3.63, 3.8) is 0 Å². The third-order valence-electron chi connectivity index (χ3n) is 4.35. The van der Waals surface area contributed by atoms with Gasteiger partial charge in [0.2, 0.25) is 0 Å². The number of carbonyl (C=O) groups is 1. The molecule has 0 aromatic rings. The van der Waals surface area contributed by atoms with E-state index in [-0.39, 0.29) is 12.1 Å². The Morgan fingerprint density at radius 3 is 2.70 bits per heavy atom. The van der Waals surface area contributed by atoms with Crippen molar-refractivity contribution >= 4 is 5.97 Å². The Kier molecular flexibility index (Phi) is 5.41. The van der Waals surface area contributed by atoms with Gasteiger partial charge in [-0.05, 0) is 45.4 Å². The third-order valence-corrected chi connectivity index (χ3v) is 4.35. The second-order valence-electron chi connectivity index (χ2n) is 6.44. The molecule has 1 saturated carbocycles. The summed E-state index contributed by atoms with van der Waals surface area (Å²) in [6.07, 6.45) is 4.24. The molecule has 1 heterocycles. The van der Waals surface area contributed by atoms with Crippen LogP contribution < -0.4 is 5.32 Å². The molecule has 0 radical (unpaired) electrons. The first-order valence-electron chi connectivity index (χ1n) is 7.72. The fourth-order valence-corrected chi connectivity index (χ4v) is 3.27. The maximum Gasteiger partial charge on any atom is 0.324 e. The van der Waals surface area contributed by atoms with Crippen LogP contribution in [0.25, 0.3) is 0 Å². The van der Waals surface area contributed by atoms with Crippen LogP contribution in [-0.2, 0) is 14.3 Å². The van der Waals surface area contributed by atoms with Gasteiger partial charge in [-0.25, -0.2) is 0 Å². The molecule has 2 rings (SSSR count). The van der Waals surface area contributed by atoms with Crippen molar-refractivity contribution in [3.05, 3.63) is 0 Å². The fourth-order valence-electron chi connectivity index (χ4n) is 3.27. The zero-order valence-electron chi connectivity index (χ0n) is 12.6. The lowest BCUT2D eigenvalue weighted by Gasteiger charge is -2.29. The predicted molar refractivity (Wildman–Crippen MR) is 75.8 cm³/mol. The molecule has 2 N–H and O–H groups in total. The van der Waals surface area contributed by atoms with Crippen molar-refractivity contribution in [1.29, 1.82) is 0 Å². The molecule has 0 spiro atoms. The summed E-state index contributed by atoms with van der Waals surface area (Å²) in [5, 5.41) is 12.7. The van der Waals surface area contributed by atoms with Gasteiger partial charge in [-0.1, -0.05) is 0 Å². The van der Waals surface area contributed by atoms with Crippen LogP contribution in [0.5, 0.6) is 0 Å². The Morgan fingerprint density at radius 2 is 2.10 bits per heavy atom. The van der Waals surface area contributed by atoms with Crippen LogP contribution in [0.1, 0.15) is 46.0 Å². The van der Waals surface area contributed by atoms with Gasteiger partial charge >= 0.3 is 5.97 Å². The van der Waals surface area contributed by atoms with E-state index in [9.17, 15) is 9.90 Å². The standard InChI is InChI=1S/C15H27NO4/c1-11(2)16-15(14(17)18)6-3-13(9-15)20-10-12-4-7-19-8-5-12/h11-13,16H,3-10H2,1-2H3,(H,17,18). The van der Waals surface area contributed by atoms with Crippen molar-refractivity contribution in [2.75, 3.05) is 19.8 Å². The van der Waals surface area contributed by atoms with Crippen LogP contribution in [0, 0.1) is 5.92 Å². The van der Waals surface area contributed by atoms with E-state index in [0.717, 1.165) is 39.1 Å². The van der Waals surface area contributed by atoms with E-state index in [1.54, 1.807) is 0 Å². The molecule has 20 heavy (non-hydrogen) atoms. The van der Waals surface area contributed by atoms with Gasteiger partial charge in [0.05, 0.1) is 6.10 Å². The lowest BCUT2D eigenvalue weighted by molar-refractivity contribution is -0.145. The van der Waals surface area contributed by atoms with Gasteiger partial charge in [-0.2, -0.15) is 0 Å². The molecule has 2 unspecified atom stereocenters. The molecular formula is C15H27NO4. The minimum atomic E-state index is -0.797. The Morgan fingerprint density at radius 1 is 1.40 bits per heavy atom. The number of aliphatic carboxylic acids is 1. The summed E-state index contributed by atoms with van der Waals surface area (Å²) in [4.78, 5) is 11.6. The first-order valence-corrected chi connectivity index (χ1v) is 7.72. The van der Waals surface area contributed by atoms with Gasteiger partial charge in [0.15, 0.2) is 0 Å². The summed E-state index contributed by atoms with van der Waals surface area (Å²) < 4.78 is 11.3. The van der Waals surface area contributed by atoms with Gasteiger partial charge in [-0.3, -0.25) is 10.1 Å². The normalized spacial score (nSPS) is 31.9. The average Bonchev–Trinajstić information content (AvgIpc) is 2.81. The van der Waals surface area contributed by atoms with E-state index in [1.807, 2.05) is 13.8 Å². The minimum Gasteiger partial charge on any atom is -0.480 e. The average molecular weight is 285 g/mol. The monoisotopic (exact) mass is 285 g/mol. The molecule has 1 saturated heterocycles. The highest BCUT2D eigenvalue weighted by Crippen LogP contribution is 2.33. The van der Waals surface area contributed by atoms with Crippen LogP contribution >= 0.6 is 0 Å². The molecule has 5 heteroatoms. The molecule has 5 nitrogen and oxygen atoms in total. The number of hydrogen-bond donors (Lipinski definition) is 2. The number of rotatable bonds is 6. The van der Waals surface area contributed by atoms with Crippen molar-refractivity contribution in [2.45, 2.75) is 63.6 Å². The smallest absolute Gasteiger partial charge is 0.324 e. The Labute approximate surface area is 121 Å². The Hall–Kier alpha value is -0.650. The lowest BCUT2D eigenvalue weighted by Crippen LogP contribution is -2.53. The summed E-state index contributed by atoms with van der Waals surface area (Å²) in [6.45, 7) is 6.37. The molecule has 0 bridgehead atoms. The van der Waals surface area contributed by atoms with E-state index in [0.29, 0.717) is 18.8 Å². The van der Waals surface area contributed by atoms with Crippen LogP contribution in [-0.4, -0.2) is 48.6 Å². The Bertz CT molecular complexity index is 328. The first kappa shape index (κ1) is 15.7. The van der Waals surface area contributed by atoms with E-state index in [4.69, 9.17) is 9.47 Å². The Balaban J connectivity index is 1.81. The van der Waals surface area contributed by atoms with E-state index >= 15 is 0 Å². The third kappa shape index (κ3) is 3.93. The summed E-state index contributed by atoms with van der Waals surface area (Å²) in [6, 6.07) is 0.167. The molecule has 0 amide bonds. The fraction of sp³-hybridized carbons (Fsp3) is 0.933. The molecule has 2 fully saturated rings. The molecule has 0 aromatic heterocycles. The van der Waals surface area contributed by atoms with Crippen LogP contribution in [0.15, 0.2) is 0 Å². The molecular weight excluding hydrogens is 258 g/mol. The largest absolute Gasteiger partial charge is 0.480 e. The van der Waals surface area contributed by atoms with E-state index < -0.39 is 11.5 Å². The maximum atomic E-state index is 11.6. The number of carboxylic acid groups (broad SMARTS) is 1. The first-order chi connectivity index (χ1) is 9.52. The van der Waals surface area contributed by atoms with Crippen molar-refractivity contribution in [2.24, 2.45) is 5.92 Å². The number of hydrogen-bond acceptors (Lipinski definition) is 4. The topological polar surface area (TPSA) is 67.8 Å². The molecule has 0 aromatic carbocycles. The van der Waals surface area contributed by atoms with Gasteiger partial charge in [0.1, 0.15) is 5.54 Å². The van der Waals surface area contributed by atoms with Crippen molar-refractivity contribution in [3.8, 4) is 0 Å². The number of ether oxygens (including phenoxy) is 2. The summed E-state index contributed by atoms with van der Waals surface area (Å²) in [5.74, 6) is -0.176. The van der Waals surface area contributed by atoms with E-state index in [2.05, 4.69) is 5.32 Å². The summed E-state index contributed by atoms with van der Waals surface area (Å²) in [5.41, 5.74) is -0.797. The molecule has 2 aliphatic rings. The number of nitrogens with one attached hydrogen (secondary N) is 1. The van der Waals surface area contributed by atoms with Crippen molar-refractivity contribution in [1.82, 2.24) is 5.32 Å². The van der Waals surface area contributed by atoms with Crippen LogP contribution in [0.4, 0.5) is 0 Å². The second kappa shape index (κ2) is 6.87. The summed E-state index contributed by atoms with van der Waals surface area (Å²) in [7, 11) is 0. The molecule has 1 aliphatic carbocycles. The number of carboxylic acids is 1. The highest BCUT2D eigenvalue weighted by molar-refractivity contribution is 5.79. The highest BCUT2D eigenvalue weighted by atomic mass is 16.5. The maximum absolute atomic E-state index is 11.6. The van der Waals surface area contributed by atoms with Gasteiger partial charge in [0, 0.05) is 32.3 Å². The quantitative estimate of drug-likeness (QED) is 0.779. The molecule has 1 aliphatic heterocycles. The zero-order chi connectivity index (χ0) is 14.6. The van der Waals surface area contributed by atoms with Gasteiger partial charge in [-0.15, -0.1) is 0 Å². The molecule has 116 valence electrons. The van der Waals surface area contributed by atoms with Crippen molar-refractivity contribution < 1.29 is 19.4 Å².